The minimum Gasteiger partial charge on any atom is -0.351 e. The van der Waals surface area contributed by atoms with E-state index in [4.69, 9.17) is 0 Å². The fourth-order valence-corrected chi connectivity index (χ4v) is 3.54. The summed E-state index contributed by atoms with van der Waals surface area (Å²) in [6, 6.07) is 16.0. The quantitative estimate of drug-likeness (QED) is 0.561. The zero-order chi connectivity index (χ0) is 20.0. The highest BCUT2D eigenvalue weighted by Gasteiger charge is 2.13. The maximum atomic E-state index is 12.2. The number of hydrogen-bond donors (Lipinski definition) is 2. The third-order valence-corrected chi connectivity index (χ3v) is 5.49. The average Bonchev–Trinajstić information content (AvgIpc) is 3.19. The number of para-hydroxylation sites is 1. The second-order valence-corrected chi connectivity index (χ2v) is 7.97. The van der Waals surface area contributed by atoms with Crippen LogP contribution >= 0.6 is 0 Å². The number of hydrogen-bond acceptors (Lipinski definition) is 5. The lowest BCUT2D eigenvalue weighted by Crippen LogP contribution is -2.30. The molecule has 0 fully saturated rings. The van der Waals surface area contributed by atoms with Crippen molar-refractivity contribution in [2.45, 2.75) is 18.2 Å². The molecule has 0 aliphatic rings. The number of amides is 1. The summed E-state index contributed by atoms with van der Waals surface area (Å²) in [4.78, 5) is 12.4. The highest BCUT2D eigenvalue weighted by molar-refractivity contribution is 7.89. The van der Waals surface area contributed by atoms with Crippen LogP contribution in [-0.2, 0) is 10.0 Å². The first-order valence-electron chi connectivity index (χ1n) is 8.78. The molecule has 0 radical (unpaired) electrons. The van der Waals surface area contributed by atoms with E-state index in [0.717, 1.165) is 11.3 Å². The SMILES string of the molecule is Cc1ccc(S(=O)(=O)NCCCNC(=O)c2cn(-c3ccccc3)nn2)cc1. The van der Waals surface area contributed by atoms with E-state index in [9.17, 15) is 13.2 Å². The number of benzene rings is 2. The van der Waals surface area contributed by atoms with Crippen molar-refractivity contribution in [3.63, 3.8) is 0 Å². The van der Waals surface area contributed by atoms with Gasteiger partial charge in [-0.3, -0.25) is 4.79 Å². The van der Waals surface area contributed by atoms with Crippen LogP contribution in [0.4, 0.5) is 0 Å². The summed E-state index contributed by atoms with van der Waals surface area (Å²) in [7, 11) is -3.55. The summed E-state index contributed by atoms with van der Waals surface area (Å²) in [6.07, 6.45) is 1.99. The van der Waals surface area contributed by atoms with Crippen molar-refractivity contribution in [3.05, 3.63) is 72.1 Å². The molecule has 0 aliphatic heterocycles. The summed E-state index contributed by atoms with van der Waals surface area (Å²) < 4.78 is 28.4. The topological polar surface area (TPSA) is 106 Å². The van der Waals surface area contributed by atoms with Crippen LogP contribution in [0.15, 0.2) is 65.7 Å². The van der Waals surface area contributed by atoms with Crippen LogP contribution in [0.25, 0.3) is 5.69 Å². The molecule has 146 valence electrons. The molecule has 0 bridgehead atoms. The Labute approximate surface area is 163 Å². The standard InChI is InChI=1S/C19H21N5O3S/c1-15-8-10-17(11-9-15)28(26,27)21-13-5-12-20-19(25)18-14-24(23-22-18)16-6-3-2-4-7-16/h2-4,6-11,14,21H,5,12-13H2,1H3,(H,20,25). The maximum Gasteiger partial charge on any atom is 0.273 e. The molecule has 0 aliphatic carbocycles. The highest BCUT2D eigenvalue weighted by Crippen LogP contribution is 2.09. The van der Waals surface area contributed by atoms with Crippen LogP contribution in [-0.4, -0.2) is 42.4 Å². The lowest BCUT2D eigenvalue weighted by Gasteiger charge is -2.07. The molecular formula is C19H21N5O3S. The number of aromatic nitrogens is 3. The summed E-state index contributed by atoms with van der Waals surface area (Å²) in [5, 5.41) is 10.5. The molecule has 9 heteroatoms. The van der Waals surface area contributed by atoms with Crippen LogP contribution in [0.2, 0.25) is 0 Å². The van der Waals surface area contributed by atoms with Crippen LogP contribution in [0, 0.1) is 6.92 Å². The van der Waals surface area contributed by atoms with E-state index in [1.165, 1.54) is 4.68 Å². The Kier molecular flexibility index (Phi) is 6.17. The zero-order valence-corrected chi connectivity index (χ0v) is 16.2. The first-order chi connectivity index (χ1) is 13.5. The summed E-state index contributed by atoms with van der Waals surface area (Å²) in [5.74, 6) is -0.358. The Morgan fingerprint density at radius 1 is 1.04 bits per heavy atom. The van der Waals surface area contributed by atoms with Crippen molar-refractivity contribution in [1.82, 2.24) is 25.0 Å². The number of carbonyl (C=O) groups is 1. The van der Waals surface area contributed by atoms with Crippen LogP contribution in [0.1, 0.15) is 22.5 Å². The predicted molar refractivity (Wildman–Crippen MR) is 105 cm³/mol. The van der Waals surface area contributed by atoms with E-state index in [-0.39, 0.29) is 23.0 Å². The van der Waals surface area contributed by atoms with Gasteiger partial charge < -0.3 is 5.32 Å². The number of sulfonamides is 1. The average molecular weight is 399 g/mol. The van der Waals surface area contributed by atoms with Crippen molar-refractivity contribution >= 4 is 15.9 Å². The molecule has 0 saturated carbocycles. The molecule has 2 N–H and O–H groups in total. The zero-order valence-electron chi connectivity index (χ0n) is 15.4. The van der Waals surface area contributed by atoms with Crippen molar-refractivity contribution in [2.75, 3.05) is 13.1 Å². The van der Waals surface area contributed by atoms with E-state index >= 15 is 0 Å². The van der Waals surface area contributed by atoms with Crippen molar-refractivity contribution in [1.29, 1.82) is 0 Å². The monoisotopic (exact) mass is 399 g/mol. The van der Waals surface area contributed by atoms with Gasteiger partial charge in [0.25, 0.3) is 5.91 Å². The van der Waals surface area contributed by atoms with Crippen LogP contribution in [0.5, 0.6) is 0 Å². The van der Waals surface area contributed by atoms with Crippen LogP contribution in [0.3, 0.4) is 0 Å². The van der Waals surface area contributed by atoms with E-state index in [1.807, 2.05) is 37.3 Å². The molecule has 0 spiro atoms. The molecule has 8 nitrogen and oxygen atoms in total. The molecule has 0 atom stereocenters. The largest absolute Gasteiger partial charge is 0.351 e. The van der Waals surface area contributed by atoms with Gasteiger partial charge in [-0.1, -0.05) is 41.1 Å². The van der Waals surface area contributed by atoms with Gasteiger partial charge >= 0.3 is 0 Å². The summed E-state index contributed by atoms with van der Waals surface area (Å²) in [5.41, 5.74) is 1.99. The van der Waals surface area contributed by atoms with Gasteiger partial charge in [0.15, 0.2) is 5.69 Å². The van der Waals surface area contributed by atoms with Gasteiger partial charge in [0.2, 0.25) is 10.0 Å². The number of nitrogens with zero attached hydrogens (tertiary/aromatic N) is 3. The molecule has 0 saturated heterocycles. The molecule has 28 heavy (non-hydrogen) atoms. The van der Waals surface area contributed by atoms with Gasteiger partial charge in [0.1, 0.15) is 0 Å². The first-order valence-corrected chi connectivity index (χ1v) is 10.3. The van der Waals surface area contributed by atoms with Gasteiger partial charge in [-0.15, -0.1) is 5.10 Å². The lowest BCUT2D eigenvalue weighted by molar-refractivity contribution is 0.0948. The first kappa shape index (κ1) is 19.7. The van der Waals surface area contributed by atoms with Gasteiger partial charge in [-0.05, 0) is 37.6 Å². The Morgan fingerprint density at radius 3 is 2.46 bits per heavy atom. The Bertz CT molecular complexity index is 1030. The van der Waals surface area contributed by atoms with E-state index < -0.39 is 10.0 Å². The second kappa shape index (κ2) is 8.77. The molecule has 1 amide bonds. The van der Waals surface area contributed by atoms with E-state index in [0.29, 0.717) is 13.0 Å². The molecule has 3 aromatic rings. The Balaban J connectivity index is 1.45. The minimum atomic E-state index is -3.55. The number of carbonyl (C=O) groups excluding carboxylic acids is 1. The molecule has 3 rings (SSSR count). The van der Waals surface area contributed by atoms with Crippen LogP contribution < -0.4 is 10.0 Å². The molecule has 1 heterocycles. The van der Waals surface area contributed by atoms with Gasteiger partial charge in [-0.2, -0.15) is 0 Å². The van der Waals surface area contributed by atoms with Crippen molar-refractivity contribution in [2.24, 2.45) is 0 Å². The molecular weight excluding hydrogens is 378 g/mol. The lowest BCUT2D eigenvalue weighted by atomic mass is 10.2. The number of nitrogens with one attached hydrogen (secondary N) is 2. The van der Waals surface area contributed by atoms with Crippen molar-refractivity contribution in [3.8, 4) is 5.69 Å². The number of aryl methyl sites for hydroxylation is 1. The third kappa shape index (κ3) is 5.02. The second-order valence-electron chi connectivity index (χ2n) is 6.20. The summed E-state index contributed by atoms with van der Waals surface area (Å²) in [6.45, 7) is 2.42. The van der Waals surface area contributed by atoms with Gasteiger partial charge in [-0.25, -0.2) is 17.8 Å². The van der Waals surface area contributed by atoms with E-state index in [1.54, 1.807) is 30.5 Å². The molecule has 1 aromatic heterocycles. The molecule has 0 unspecified atom stereocenters. The molecule has 2 aromatic carbocycles. The smallest absolute Gasteiger partial charge is 0.273 e. The fourth-order valence-electron chi connectivity index (χ4n) is 2.46. The predicted octanol–water partition coefficient (Wildman–Crippen LogP) is 1.67. The highest BCUT2D eigenvalue weighted by atomic mass is 32.2. The van der Waals surface area contributed by atoms with Crippen molar-refractivity contribution < 1.29 is 13.2 Å². The third-order valence-electron chi connectivity index (χ3n) is 4.01. The normalized spacial score (nSPS) is 11.3. The summed E-state index contributed by atoms with van der Waals surface area (Å²) >= 11 is 0. The van der Waals surface area contributed by atoms with E-state index in [2.05, 4.69) is 20.4 Å². The Morgan fingerprint density at radius 2 is 1.75 bits per heavy atom. The minimum absolute atomic E-state index is 0.198. The Hall–Kier alpha value is -3.04. The van der Waals surface area contributed by atoms with Gasteiger partial charge in [0, 0.05) is 13.1 Å². The van der Waals surface area contributed by atoms with Gasteiger partial charge in [0.05, 0.1) is 16.8 Å². The fraction of sp³-hybridized carbons (Fsp3) is 0.211. The maximum absolute atomic E-state index is 12.2. The number of rotatable bonds is 8.